The number of pyridine rings is 1. The van der Waals surface area contributed by atoms with Gasteiger partial charge in [0.2, 0.25) is 5.56 Å². The number of hydrogen-bond acceptors (Lipinski definition) is 3. The van der Waals surface area contributed by atoms with E-state index < -0.39 is 0 Å². The molecule has 3 aromatic rings. The minimum absolute atomic E-state index is 0.0520. The Hall–Kier alpha value is -2.59. The summed E-state index contributed by atoms with van der Waals surface area (Å²) >= 11 is 0. The monoisotopic (exact) mass is 376 g/mol. The summed E-state index contributed by atoms with van der Waals surface area (Å²) in [5, 5.41) is 4.70. The van der Waals surface area contributed by atoms with E-state index >= 15 is 0 Å². The molecule has 0 spiro atoms. The summed E-state index contributed by atoms with van der Waals surface area (Å²) in [6.07, 6.45) is 5.81. The molecule has 2 aromatic carbocycles. The molecule has 0 amide bonds. The Bertz CT molecular complexity index is 1010. The minimum atomic E-state index is -0.0520. The van der Waals surface area contributed by atoms with Gasteiger partial charge in [-0.25, -0.2) is 0 Å². The zero-order valence-corrected chi connectivity index (χ0v) is 16.5. The number of H-pyrrole nitrogens is 1. The first kappa shape index (κ1) is 18.8. The van der Waals surface area contributed by atoms with Crippen LogP contribution in [0, 0.1) is 0 Å². The third-order valence-electron chi connectivity index (χ3n) is 5.86. The first-order valence-electron chi connectivity index (χ1n) is 10.2. The van der Waals surface area contributed by atoms with E-state index in [1.807, 2.05) is 12.1 Å². The highest BCUT2D eigenvalue weighted by atomic mass is 16.5. The average molecular weight is 376 g/mol. The van der Waals surface area contributed by atoms with Gasteiger partial charge in [-0.1, -0.05) is 18.2 Å². The summed E-state index contributed by atoms with van der Waals surface area (Å²) in [6.45, 7) is 1.99. The van der Waals surface area contributed by atoms with Crippen molar-refractivity contribution in [3.8, 4) is 5.75 Å². The van der Waals surface area contributed by atoms with Crippen molar-refractivity contribution in [1.82, 2.24) is 10.3 Å². The second-order valence-corrected chi connectivity index (χ2v) is 7.65. The van der Waals surface area contributed by atoms with Crippen LogP contribution in [0.4, 0.5) is 0 Å². The zero-order valence-electron chi connectivity index (χ0n) is 16.5. The highest BCUT2D eigenvalue weighted by Gasteiger charge is 2.22. The summed E-state index contributed by atoms with van der Waals surface area (Å²) in [7, 11) is 1.77. The van der Waals surface area contributed by atoms with Crippen molar-refractivity contribution in [2.45, 2.75) is 38.0 Å². The molecule has 1 aromatic heterocycles. The molecule has 0 saturated carbocycles. The number of fused-ring (bicyclic) bond motifs is 2. The third-order valence-corrected chi connectivity index (χ3v) is 5.86. The number of nitrogens with one attached hydrogen (secondary N) is 2. The Balaban J connectivity index is 1.29. The Morgan fingerprint density at radius 3 is 2.96 bits per heavy atom. The molecular formula is C24H28N2O2. The van der Waals surface area contributed by atoms with E-state index in [1.165, 1.54) is 36.0 Å². The molecule has 4 nitrogen and oxygen atoms in total. The maximum atomic E-state index is 11.4. The summed E-state index contributed by atoms with van der Waals surface area (Å²) in [5.74, 6) is 1.68. The maximum absolute atomic E-state index is 11.4. The molecule has 0 bridgehead atoms. The maximum Gasteiger partial charge on any atom is 0.248 e. The fraction of sp³-hybridized carbons (Fsp3) is 0.375. The summed E-state index contributed by atoms with van der Waals surface area (Å²) < 4.78 is 5.55. The lowest BCUT2D eigenvalue weighted by molar-refractivity contribution is 0.401. The van der Waals surface area contributed by atoms with Crippen LogP contribution in [-0.4, -0.2) is 25.2 Å². The van der Waals surface area contributed by atoms with Gasteiger partial charge >= 0.3 is 0 Å². The van der Waals surface area contributed by atoms with Crippen molar-refractivity contribution in [3.05, 3.63) is 75.6 Å². The molecular weight excluding hydrogens is 348 g/mol. The average Bonchev–Trinajstić information content (AvgIpc) is 2.73. The third kappa shape index (κ3) is 4.12. The van der Waals surface area contributed by atoms with E-state index in [2.05, 4.69) is 40.6 Å². The topological polar surface area (TPSA) is 54.1 Å². The summed E-state index contributed by atoms with van der Waals surface area (Å²) in [6, 6.07) is 16.2. The van der Waals surface area contributed by atoms with Crippen molar-refractivity contribution in [2.24, 2.45) is 0 Å². The standard InChI is InChI=1S/C24H28N2O2/c1-28-23-7-3-5-20-18(4-2-6-21(20)23)13-15-25-14-12-17-8-10-22-19(16-17)9-11-24(27)26-22/h3,5,7-11,16,18,25H,2,4,6,12-15H2,1H3,(H,26,27). The molecule has 4 rings (SSSR count). The first-order chi connectivity index (χ1) is 13.7. The van der Waals surface area contributed by atoms with E-state index in [0.29, 0.717) is 5.92 Å². The predicted octanol–water partition coefficient (Wildman–Crippen LogP) is 4.18. The molecule has 28 heavy (non-hydrogen) atoms. The molecule has 0 radical (unpaired) electrons. The van der Waals surface area contributed by atoms with Gasteiger partial charge in [-0.05, 0) is 97.5 Å². The fourth-order valence-electron chi connectivity index (χ4n) is 4.40. The Morgan fingerprint density at radius 1 is 1.14 bits per heavy atom. The number of aromatic nitrogens is 1. The Morgan fingerprint density at radius 2 is 2.07 bits per heavy atom. The first-order valence-corrected chi connectivity index (χ1v) is 10.2. The van der Waals surface area contributed by atoms with E-state index in [0.717, 1.165) is 42.6 Å². The van der Waals surface area contributed by atoms with E-state index in [4.69, 9.17) is 4.74 Å². The highest BCUT2D eigenvalue weighted by molar-refractivity contribution is 5.78. The molecule has 2 N–H and O–H groups in total. The van der Waals surface area contributed by atoms with Crippen LogP contribution in [0.25, 0.3) is 10.9 Å². The van der Waals surface area contributed by atoms with Gasteiger partial charge < -0.3 is 15.0 Å². The molecule has 1 aliphatic carbocycles. The van der Waals surface area contributed by atoms with Gasteiger partial charge in [-0.15, -0.1) is 0 Å². The number of hydrogen-bond donors (Lipinski definition) is 2. The Kier molecular flexibility index (Phi) is 5.77. The van der Waals surface area contributed by atoms with Crippen LogP contribution < -0.4 is 15.6 Å². The van der Waals surface area contributed by atoms with Crippen LogP contribution in [0.15, 0.2) is 53.3 Å². The number of ether oxygens (including phenoxy) is 1. The van der Waals surface area contributed by atoms with E-state index in [9.17, 15) is 4.79 Å². The molecule has 0 fully saturated rings. The quantitative estimate of drug-likeness (QED) is 0.608. The van der Waals surface area contributed by atoms with Gasteiger partial charge in [0.25, 0.3) is 0 Å². The van der Waals surface area contributed by atoms with Crippen molar-refractivity contribution >= 4 is 10.9 Å². The van der Waals surface area contributed by atoms with E-state index in [1.54, 1.807) is 13.2 Å². The molecule has 146 valence electrons. The molecule has 0 aliphatic heterocycles. The lowest BCUT2D eigenvalue weighted by Gasteiger charge is -2.27. The zero-order chi connectivity index (χ0) is 19.3. The van der Waals surface area contributed by atoms with Crippen molar-refractivity contribution in [3.63, 3.8) is 0 Å². The second-order valence-electron chi connectivity index (χ2n) is 7.65. The van der Waals surface area contributed by atoms with Crippen molar-refractivity contribution < 1.29 is 4.74 Å². The minimum Gasteiger partial charge on any atom is -0.496 e. The normalized spacial score (nSPS) is 16.1. The summed E-state index contributed by atoms with van der Waals surface area (Å²) in [4.78, 5) is 14.2. The van der Waals surface area contributed by atoms with Gasteiger partial charge in [0.15, 0.2) is 0 Å². The molecule has 0 saturated heterocycles. The van der Waals surface area contributed by atoms with Crippen LogP contribution in [0.1, 0.15) is 41.9 Å². The largest absolute Gasteiger partial charge is 0.496 e. The van der Waals surface area contributed by atoms with Crippen LogP contribution in [0.2, 0.25) is 0 Å². The number of benzene rings is 2. The Labute approximate surface area is 165 Å². The molecule has 1 atom stereocenters. The fourth-order valence-corrected chi connectivity index (χ4v) is 4.40. The molecule has 1 aliphatic rings. The van der Waals surface area contributed by atoms with Crippen LogP contribution in [0.5, 0.6) is 5.75 Å². The van der Waals surface area contributed by atoms with Crippen molar-refractivity contribution in [2.75, 3.05) is 20.2 Å². The lowest BCUT2D eigenvalue weighted by Crippen LogP contribution is -2.22. The number of rotatable bonds is 7. The highest BCUT2D eigenvalue weighted by Crippen LogP contribution is 2.38. The second kappa shape index (κ2) is 8.61. The van der Waals surface area contributed by atoms with Crippen LogP contribution >= 0.6 is 0 Å². The van der Waals surface area contributed by atoms with E-state index in [-0.39, 0.29) is 5.56 Å². The molecule has 1 heterocycles. The molecule has 4 heteroatoms. The van der Waals surface area contributed by atoms with Gasteiger partial charge in [-0.3, -0.25) is 4.79 Å². The number of methoxy groups -OCH3 is 1. The van der Waals surface area contributed by atoms with Gasteiger partial charge in [0.1, 0.15) is 5.75 Å². The summed E-state index contributed by atoms with van der Waals surface area (Å²) in [5.41, 5.74) is 5.03. The van der Waals surface area contributed by atoms with Crippen LogP contribution in [-0.2, 0) is 12.8 Å². The van der Waals surface area contributed by atoms with Gasteiger partial charge in [-0.2, -0.15) is 0 Å². The van der Waals surface area contributed by atoms with Gasteiger partial charge in [0.05, 0.1) is 7.11 Å². The van der Waals surface area contributed by atoms with Gasteiger partial charge in [0, 0.05) is 11.6 Å². The van der Waals surface area contributed by atoms with Crippen molar-refractivity contribution in [1.29, 1.82) is 0 Å². The number of aromatic amines is 1. The molecule has 1 unspecified atom stereocenters. The smallest absolute Gasteiger partial charge is 0.248 e. The lowest BCUT2D eigenvalue weighted by atomic mass is 9.80. The predicted molar refractivity (Wildman–Crippen MR) is 114 cm³/mol. The SMILES string of the molecule is COc1cccc2c1CCCC2CCNCCc1ccc2[nH]c(=O)ccc2c1. The van der Waals surface area contributed by atoms with Crippen LogP contribution in [0.3, 0.4) is 0 Å².